The van der Waals surface area contributed by atoms with Crippen LogP contribution < -0.4 is 16.4 Å². The lowest BCUT2D eigenvalue weighted by molar-refractivity contribution is -0.143. The maximum Gasteiger partial charge on any atom is 0.303 e. The Kier molecular flexibility index (Phi) is 12.2. The van der Waals surface area contributed by atoms with Gasteiger partial charge in [0.05, 0.1) is 49.1 Å². The number of ether oxygens (including phenoxy) is 4. The number of epoxide rings is 1. The van der Waals surface area contributed by atoms with E-state index in [1.807, 2.05) is 6.92 Å². The Morgan fingerprint density at radius 3 is 2.45 bits per heavy atom. The van der Waals surface area contributed by atoms with Gasteiger partial charge in [0.25, 0.3) is 0 Å². The van der Waals surface area contributed by atoms with Crippen molar-refractivity contribution in [3.8, 4) is 0 Å². The van der Waals surface area contributed by atoms with Gasteiger partial charge in [-0.3, -0.25) is 14.4 Å². The van der Waals surface area contributed by atoms with Crippen LogP contribution in [0.5, 0.6) is 0 Å². The molecule has 0 aromatic carbocycles. The van der Waals surface area contributed by atoms with Gasteiger partial charge in [0.15, 0.2) is 0 Å². The highest BCUT2D eigenvalue weighted by atomic mass is 16.6. The quantitative estimate of drug-likeness (QED) is 0.138. The van der Waals surface area contributed by atoms with E-state index in [2.05, 4.69) is 42.7 Å². The Balaban J connectivity index is 1.22. The molecule has 0 radical (unpaired) electrons. The van der Waals surface area contributed by atoms with Crippen molar-refractivity contribution in [2.24, 2.45) is 11.7 Å². The minimum Gasteiger partial charge on any atom is -0.459 e. The van der Waals surface area contributed by atoms with Gasteiger partial charge in [-0.05, 0) is 71.3 Å². The number of carbonyl (C=O) groups excluding carboxylic acids is 3. The maximum absolute atomic E-state index is 12.8. The summed E-state index contributed by atoms with van der Waals surface area (Å²) < 4.78 is 23.5. The Labute approximate surface area is 262 Å². The van der Waals surface area contributed by atoms with E-state index in [-0.39, 0.29) is 71.8 Å². The molecular formula is C34H53N3O7. The van der Waals surface area contributed by atoms with Gasteiger partial charge in [-0.2, -0.15) is 0 Å². The first-order valence-electron chi connectivity index (χ1n) is 16.4. The second kappa shape index (κ2) is 15.7. The van der Waals surface area contributed by atoms with Gasteiger partial charge in [-0.25, -0.2) is 0 Å². The van der Waals surface area contributed by atoms with E-state index < -0.39 is 6.10 Å². The minimum atomic E-state index is -0.460. The number of allylic oxidation sites excluding steroid dienone is 2. The van der Waals surface area contributed by atoms with Gasteiger partial charge in [0.1, 0.15) is 6.10 Å². The molecule has 1 spiro atoms. The van der Waals surface area contributed by atoms with E-state index in [1.165, 1.54) is 13.0 Å². The summed E-state index contributed by atoms with van der Waals surface area (Å²) in [6.07, 6.45) is 15.9. The molecule has 3 heterocycles. The lowest BCUT2D eigenvalue weighted by Crippen LogP contribution is -2.50. The zero-order valence-electron chi connectivity index (χ0n) is 27.1. The van der Waals surface area contributed by atoms with Crippen LogP contribution in [0.4, 0.5) is 0 Å². The lowest BCUT2D eigenvalue weighted by atomic mass is 9.88. The summed E-state index contributed by atoms with van der Waals surface area (Å²) in [6.45, 7) is 10.00. The Morgan fingerprint density at radius 1 is 1.05 bits per heavy atom. The van der Waals surface area contributed by atoms with Crippen molar-refractivity contribution in [1.82, 2.24) is 10.6 Å². The zero-order chi connectivity index (χ0) is 31.9. The molecule has 8 atom stereocenters. The number of carbonyl (C=O) groups is 3. The van der Waals surface area contributed by atoms with Crippen molar-refractivity contribution in [3.05, 3.63) is 36.0 Å². The van der Waals surface area contributed by atoms with Crippen LogP contribution in [-0.2, 0) is 33.3 Å². The summed E-state index contributed by atoms with van der Waals surface area (Å²) in [6, 6.07) is 0.383. The van der Waals surface area contributed by atoms with E-state index in [1.54, 1.807) is 13.0 Å². The number of rotatable bonds is 11. The van der Waals surface area contributed by atoms with Crippen molar-refractivity contribution in [1.29, 1.82) is 0 Å². The molecule has 0 unspecified atom stereocenters. The summed E-state index contributed by atoms with van der Waals surface area (Å²) >= 11 is 0. The number of amides is 2. The van der Waals surface area contributed by atoms with Gasteiger partial charge >= 0.3 is 5.97 Å². The number of esters is 1. The first-order chi connectivity index (χ1) is 20.9. The average molecular weight is 616 g/mol. The summed E-state index contributed by atoms with van der Waals surface area (Å²) in [5, 5.41) is 6.22. The standard InChI is InChI=1S/C34H53N3O7/c1-21(7-14-31-22(2)16-30(24(4)43-31)37-32(39)15-8-23(3)42-25(5)38)6-13-28-18-34(20-41-34)19-29(44-28)17-33(40)36-27-11-9-26(35)10-12-27/h6-8,13,15,22-24,26-31H,9-12,14,16-20,35H2,1-5H3,(H,36,40)(H,37,39)/b13-6+,15-8-,21-7+/t22-,23-,24+,26-,27-,28+,29+,30+,31-,34+/m0/s1. The fourth-order valence-electron chi connectivity index (χ4n) is 6.63. The first-order valence-corrected chi connectivity index (χ1v) is 16.4. The highest BCUT2D eigenvalue weighted by molar-refractivity contribution is 5.87. The van der Waals surface area contributed by atoms with Crippen LogP contribution in [-0.4, -0.2) is 78.6 Å². The minimum absolute atomic E-state index is 0.0509. The van der Waals surface area contributed by atoms with Crippen molar-refractivity contribution < 1.29 is 33.3 Å². The molecule has 4 N–H and O–H groups in total. The van der Waals surface area contributed by atoms with Gasteiger partial charge in [0.2, 0.25) is 11.8 Å². The van der Waals surface area contributed by atoms with Gasteiger partial charge in [-0.15, -0.1) is 0 Å². The summed E-state index contributed by atoms with van der Waals surface area (Å²) in [5.74, 6) is -0.294. The fourth-order valence-corrected chi connectivity index (χ4v) is 6.63. The van der Waals surface area contributed by atoms with E-state index in [4.69, 9.17) is 24.7 Å². The maximum atomic E-state index is 12.8. The van der Waals surface area contributed by atoms with Crippen LogP contribution >= 0.6 is 0 Å². The third kappa shape index (κ3) is 10.8. The van der Waals surface area contributed by atoms with Crippen molar-refractivity contribution in [2.75, 3.05) is 6.61 Å². The molecule has 10 heteroatoms. The van der Waals surface area contributed by atoms with Gasteiger partial charge in [-0.1, -0.05) is 30.7 Å². The van der Waals surface area contributed by atoms with E-state index >= 15 is 0 Å². The van der Waals surface area contributed by atoms with Gasteiger partial charge < -0.3 is 35.3 Å². The first kappa shape index (κ1) is 34.3. The normalized spacial score (nSPS) is 36.7. The predicted molar refractivity (Wildman–Crippen MR) is 167 cm³/mol. The zero-order valence-corrected chi connectivity index (χ0v) is 27.1. The molecule has 4 fully saturated rings. The average Bonchev–Trinajstić information content (AvgIpc) is 3.69. The van der Waals surface area contributed by atoms with Crippen LogP contribution in [0.3, 0.4) is 0 Å². The molecule has 3 saturated heterocycles. The number of hydrogen-bond donors (Lipinski definition) is 3. The van der Waals surface area contributed by atoms with Crippen LogP contribution in [0.1, 0.15) is 92.4 Å². The summed E-state index contributed by atoms with van der Waals surface area (Å²) in [7, 11) is 0. The molecule has 1 aliphatic carbocycles. The molecule has 246 valence electrons. The second-order valence-electron chi connectivity index (χ2n) is 13.5. The number of hydrogen-bond acceptors (Lipinski definition) is 8. The molecule has 44 heavy (non-hydrogen) atoms. The third-order valence-corrected chi connectivity index (χ3v) is 9.30. The largest absolute Gasteiger partial charge is 0.459 e. The Hall–Kier alpha value is -2.53. The van der Waals surface area contributed by atoms with Crippen LogP contribution in [0.15, 0.2) is 36.0 Å². The molecular weight excluding hydrogens is 562 g/mol. The highest BCUT2D eigenvalue weighted by Crippen LogP contribution is 2.43. The summed E-state index contributed by atoms with van der Waals surface area (Å²) in [5.41, 5.74) is 6.97. The molecule has 3 aliphatic heterocycles. The van der Waals surface area contributed by atoms with Gasteiger partial charge in [0, 0.05) is 37.9 Å². The number of nitrogens with one attached hydrogen (secondary N) is 2. The fraction of sp³-hybridized carbons (Fsp3) is 0.735. The Bertz CT molecular complexity index is 1090. The molecule has 4 rings (SSSR count). The highest BCUT2D eigenvalue weighted by Gasteiger charge is 2.51. The van der Waals surface area contributed by atoms with Crippen LogP contribution in [0, 0.1) is 5.92 Å². The number of nitrogens with two attached hydrogens (primary N) is 1. The Morgan fingerprint density at radius 2 is 1.77 bits per heavy atom. The molecule has 10 nitrogen and oxygen atoms in total. The van der Waals surface area contributed by atoms with E-state index in [9.17, 15) is 14.4 Å². The molecule has 0 aromatic heterocycles. The predicted octanol–water partition coefficient (Wildman–Crippen LogP) is 3.78. The van der Waals surface area contributed by atoms with Crippen molar-refractivity contribution in [2.45, 2.75) is 147 Å². The van der Waals surface area contributed by atoms with E-state index in [0.29, 0.717) is 6.42 Å². The molecule has 0 aromatic rings. The lowest BCUT2D eigenvalue weighted by Gasteiger charge is -2.39. The monoisotopic (exact) mass is 615 g/mol. The SMILES string of the molecule is CC(=O)O[C@@H](C)/C=C\C(=O)N[C@@H]1C[C@H](C)[C@H](C/C=C(C)/C=C/[C@@H]2C[C@]3(CO3)C[C@@H](CC(=O)N[C@H]3CC[C@H](N)CC3)O2)O[C@@H]1C. The van der Waals surface area contributed by atoms with Crippen LogP contribution in [0.25, 0.3) is 0 Å². The topological polar surface area (TPSA) is 142 Å². The van der Waals surface area contributed by atoms with Crippen molar-refractivity contribution >= 4 is 17.8 Å². The van der Waals surface area contributed by atoms with Crippen molar-refractivity contribution in [3.63, 3.8) is 0 Å². The molecule has 0 bridgehead atoms. The molecule has 2 amide bonds. The van der Waals surface area contributed by atoms with E-state index in [0.717, 1.165) is 63.5 Å². The van der Waals surface area contributed by atoms with Crippen LogP contribution in [0.2, 0.25) is 0 Å². The molecule has 4 aliphatic rings. The smallest absolute Gasteiger partial charge is 0.303 e. The summed E-state index contributed by atoms with van der Waals surface area (Å²) in [4.78, 5) is 36.2. The second-order valence-corrected chi connectivity index (χ2v) is 13.5. The molecule has 1 saturated carbocycles. The third-order valence-electron chi connectivity index (χ3n) is 9.30.